The summed E-state index contributed by atoms with van der Waals surface area (Å²) in [5.41, 5.74) is 12.4. The van der Waals surface area contributed by atoms with Gasteiger partial charge in [0.25, 0.3) is 0 Å². The largest absolute Gasteiger partial charge is 0.344 e. The van der Waals surface area contributed by atoms with E-state index in [9.17, 15) is 0 Å². The second-order valence-electron chi connectivity index (χ2n) is 16.3. The summed E-state index contributed by atoms with van der Waals surface area (Å²) in [6.45, 7) is 5.02. The molecule has 0 aliphatic rings. The van der Waals surface area contributed by atoms with Gasteiger partial charge in [-0.2, -0.15) is 0 Å². The minimum atomic E-state index is -2.16. The molecule has 0 fully saturated rings. The monoisotopic (exact) mass is 748 g/mol. The van der Waals surface area contributed by atoms with E-state index in [0.29, 0.717) is 0 Å². The van der Waals surface area contributed by atoms with Crippen LogP contribution < -0.4 is 10.4 Å². The summed E-state index contributed by atoms with van der Waals surface area (Å²) >= 11 is 0. The Bertz CT molecular complexity index is 3400. The van der Waals surface area contributed by atoms with Crippen LogP contribution in [-0.2, 0) is 14.1 Å². The highest BCUT2D eigenvalue weighted by atomic mass is 28.3. The fraction of sp³-hybridized carbons (Fsp3) is 0.0769. The van der Waals surface area contributed by atoms with Crippen molar-refractivity contribution < 1.29 is 0 Å². The van der Waals surface area contributed by atoms with E-state index in [1.54, 1.807) is 0 Å². The quantitative estimate of drug-likeness (QED) is 0.160. The summed E-state index contributed by atoms with van der Waals surface area (Å²) in [5, 5.41) is 13.2. The normalized spacial score (nSPS) is 12.6. The molecule has 12 rings (SSSR count). The van der Waals surface area contributed by atoms with Gasteiger partial charge >= 0.3 is 0 Å². The maximum absolute atomic E-state index is 2.51. The standard InChI is InChI=1S/C52H40N4Si/c1-53-45-17-9-5-13-37(45)41-29-33(21-25-47(41)53)55-49-19-11-7-15-39(49)43-31-35(23-27-51(43)55)57(3,4)36-24-28-52-44(32-36)40-16-8-12-20-50(40)56(52)34-22-26-48-42(30-34)38-14-6-10-18-46(38)54(48)2/h5-32H,1-4H3. The van der Waals surface area contributed by atoms with Gasteiger partial charge in [0.05, 0.1) is 22.1 Å². The van der Waals surface area contributed by atoms with Gasteiger partial charge in [-0.15, -0.1) is 0 Å². The Kier molecular flexibility index (Phi) is 6.60. The predicted molar refractivity (Wildman–Crippen MR) is 246 cm³/mol. The number of para-hydroxylation sites is 4. The minimum Gasteiger partial charge on any atom is -0.344 e. The average Bonchev–Trinajstić information content (AvgIpc) is 3.95. The summed E-state index contributed by atoms with van der Waals surface area (Å²) in [6, 6.07) is 63.7. The summed E-state index contributed by atoms with van der Waals surface area (Å²) < 4.78 is 9.53. The second kappa shape index (κ2) is 11.6. The Morgan fingerprint density at radius 2 is 0.596 bits per heavy atom. The first-order chi connectivity index (χ1) is 27.9. The van der Waals surface area contributed by atoms with E-state index in [-0.39, 0.29) is 0 Å². The van der Waals surface area contributed by atoms with Crippen LogP contribution in [0.2, 0.25) is 13.1 Å². The van der Waals surface area contributed by atoms with Crippen molar-refractivity contribution >= 4 is 106 Å². The first kappa shape index (κ1) is 32.4. The van der Waals surface area contributed by atoms with Crippen LogP contribution in [0.1, 0.15) is 0 Å². The van der Waals surface area contributed by atoms with Crippen LogP contribution in [0.5, 0.6) is 0 Å². The van der Waals surface area contributed by atoms with Gasteiger partial charge in [-0.25, -0.2) is 0 Å². The third kappa shape index (κ3) is 4.43. The molecule has 12 aromatic rings. The van der Waals surface area contributed by atoms with Gasteiger partial charge in [0, 0.05) is 90.6 Å². The van der Waals surface area contributed by atoms with Crippen molar-refractivity contribution in [3.8, 4) is 11.4 Å². The molecular formula is C52H40N4Si. The maximum Gasteiger partial charge on any atom is 0.112 e. The van der Waals surface area contributed by atoms with Crippen molar-refractivity contribution in [1.82, 2.24) is 18.3 Å². The zero-order valence-electron chi connectivity index (χ0n) is 32.5. The van der Waals surface area contributed by atoms with Crippen molar-refractivity contribution in [2.24, 2.45) is 14.1 Å². The molecule has 0 radical (unpaired) electrons. The summed E-state index contributed by atoms with van der Waals surface area (Å²) in [6.07, 6.45) is 0. The van der Waals surface area contributed by atoms with Gasteiger partial charge in [-0.1, -0.05) is 121 Å². The molecule has 0 N–H and O–H groups in total. The van der Waals surface area contributed by atoms with Crippen LogP contribution in [0.15, 0.2) is 170 Å². The lowest BCUT2D eigenvalue weighted by atomic mass is 10.1. The molecule has 272 valence electrons. The first-order valence-corrected chi connectivity index (χ1v) is 22.9. The van der Waals surface area contributed by atoms with E-state index in [0.717, 1.165) is 0 Å². The zero-order valence-corrected chi connectivity index (χ0v) is 33.5. The number of aromatic nitrogens is 4. The fourth-order valence-electron chi connectivity index (χ4n) is 10.0. The lowest BCUT2D eigenvalue weighted by Crippen LogP contribution is -2.52. The van der Waals surface area contributed by atoms with E-state index in [1.165, 1.54) is 109 Å². The molecule has 0 atom stereocenters. The summed E-state index contributed by atoms with van der Waals surface area (Å²) in [7, 11) is 2.18. The van der Waals surface area contributed by atoms with Crippen molar-refractivity contribution in [2.45, 2.75) is 13.1 Å². The third-order valence-corrected chi connectivity index (χ3v) is 16.6. The van der Waals surface area contributed by atoms with Crippen LogP contribution in [0.25, 0.3) is 98.6 Å². The van der Waals surface area contributed by atoms with Crippen LogP contribution >= 0.6 is 0 Å². The predicted octanol–water partition coefficient (Wildman–Crippen LogP) is 12.0. The van der Waals surface area contributed by atoms with E-state index >= 15 is 0 Å². The van der Waals surface area contributed by atoms with Gasteiger partial charge in [0.1, 0.15) is 8.07 Å². The molecule has 5 heteroatoms. The number of rotatable bonds is 4. The van der Waals surface area contributed by atoms with Crippen molar-refractivity contribution in [1.29, 1.82) is 0 Å². The Morgan fingerprint density at radius 1 is 0.298 bits per heavy atom. The van der Waals surface area contributed by atoms with Crippen LogP contribution in [0.3, 0.4) is 0 Å². The van der Waals surface area contributed by atoms with Crippen LogP contribution in [-0.4, -0.2) is 26.3 Å². The number of fused-ring (bicyclic) bond motifs is 12. The molecule has 0 saturated carbocycles. The Hall–Kier alpha value is -6.82. The van der Waals surface area contributed by atoms with Crippen LogP contribution in [0, 0.1) is 0 Å². The highest BCUT2D eigenvalue weighted by Crippen LogP contribution is 2.37. The van der Waals surface area contributed by atoms with E-state index in [2.05, 4.69) is 215 Å². The molecule has 0 unspecified atom stereocenters. The van der Waals surface area contributed by atoms with Gasteiger partial charge in [-0.05, 0) is 72.8 Å². The summed E-state index contributed by atoms with van der Waals surface area (Å²) in [5.74, 6) is 0. The molecular weight excluding hydrogens is 709 g/mol. The average molecular weight is 749 g/mol. The Labute approximate surface area is 331 Å². The smallest absolute Gasteiger partial charge is 0.112 e. The number of hydrogen-bond acceptors (Lipinski definition) is 0. The second-order valence-corrected chi connectivity index (χ2v) is 20.8. The van der Waals surface area contributed by atoms with Gasteiger partial charge in [0.15, 0.2) is 0 Å². The highest BCUT2D eigenvalue weighted by Gasteiger charge is 2.28. The molecule has 57 heavy (non-hydrogen) atoms. The molecule has 0 spiro atoms. The molecule has 0 bridgehead atoms. The van der Waals surface area contributed by atoms with Crippen molar-refractivity contribution in [2.75, 3.05) is 0 Å². The zero-order chi connectivity index (χ0) is 38.2. The number of benzene rings is 8. The topological polar surface area (TPSA) is 19.7 Å². The third-order valence-electron chi connectivity index (χ3n) is 13.1. The Balaban J connectivity index is 1.01. The molecule has 0 aliphatic heterocycles. The van der Waals surface area contributed by atoms with Crippen LogP contribution in [0.4, 0.5) is 0 Å². The minimum absolute atomic E-state index is 1.19. The van der Waals surface area contributed by atoms with Crippen molar-refractivity contribution in [3.63, 3.8) is 0 Å². The lowest BCUT2D eigenvalue weighted by molar-refractivity contribution is 1.01. The van der Waals surface area contributed by atoms with E-state index < -0.39 is 8.07 Å². The summed E-state index contributed by atoms with van der Waals surface area (Å²) in [4.78, 5) is 0. The van der Waals surface area contributed by atoms with Gasteiger partial charge in [0.2, 0.25) is 0 Å². The number of hydrogen-bond donors (Lipinski definition) is 0. The fourth-order valence-corrected chi connectivity index (χ4v) is 12.4. The number of nitrogens with zero attached hydrogens (tertiary/aromatic N) is 4. The SMILES string of the molecule is Cn1c2ccccc2c2cc(-n3c4ccccc4c4cc([Si](C)(C)c5ccc6c(c5)c5ccccc5n6-c5ccc6c(c5)c5ccccc5n6C)ccc43)ccc21. The molecule has 4 nitrogen and oxygen atoms in total. The molecule has 0 amide bonds. The highest BCUT2D eigenvalue weighted by molar-refractivity contribution is 7.00. The first-order valence-electron chi connectivity index (χ1n) is 19.9. The van der Waals surface area contributed by atoms with Gasteiger partial charge < -0.3 is 18.3 Å². The van der Waals surface area contributed by atoms with E-state index in [1.807, 2.05) is 0 Å². The lowest BCUT2D eigenvalue weighted by Gasteiger charge is -2.24. The van der Waals surface area contributed by atoms with E-state index in [4.69, 9.17) is 0 Å². The van der Waals surface area contributed by atoms with Gasteiger partial charge in [-0.3, -0.25) is 0 Å². The Morgan fingerprint density at radius 3 is 1.02 bits per heavy atom. The number of aryl methyl sites for hydroxylation is 2. The molecule has 4 aromatic heterocycles. The van der Waals surface area contributed by atoms with Crippen molar-refractivity contribution in [3.05, 3.63) is 170 Å². The molecule has 0 saturated heterocycles. The maximum atomic E-state index is 2.51. The molecule has 4 heterocycles. The molecule has 0 aliphatic carbocycles. The molecule has 8 aromatic carbocycles.